The lowest BCUT2D eigenvalue weighted by Gasteiger charge is -2.41. The van der Waals surface area contributed by atoms with E-state index in [1.54, 1.807) is 86.6 Å². The number of aromatic nitrogens is 2. The molecule has 34 nitrogen and oxygen atoms in total. The number of anilines is 2. The van der Waals surface area contributed by atoms with E-state index in [0.717, 1.165) is 9.80 Å². The highest BCUT2D eigenvalue weighted by molar-refractivity contribution is 6.35. The van der Waals surface area contributed by atoms with Crippen LogP contribution in [-0.2, 0) is 67.1 Å². The molecule has 0 bridgehead atoms. The zero-order chi connectivity index (χ0) is 96.3. The molecule has 0 aliphatic carbocycles. The van der Waals surface area contributed by atoms with Crippen LogP contribution < -0.4 is 36.2 Å². The summed E-state index contributed by atoms with van der Waals surface area (Å²) in [5.74, 6) is -11.1. The SMILES string of the molecule is C=CC(=O)N1CCN(c2nc(NCCC(=O)N3CCN(C(=O)CCC[C@@H](C)[C@@H](O)[C@H]4C(=O)N[C@@H](CC)C(=O)N(C)CC(=O)N(C)[C@@H](CC(C)C)C(=O)N[C@@H](C(C)C)C(=O)N(C)[C@@H](CC(C)C)C(=O)N[C@@H](C)C(=O)N[C@H](C)C(=O)N(C)[C@@H](CC(C)C)C(=O)N(C)[C@@H](CC(C)C)C(=O)N(C)[C@@H](C(C)C)C(=O)N4C)CC3)nc3c4c(c(Cl)cc23)-c2c(F)cccc2OCC=C4)CC1. The third-order valence-electron chi connectivity index (χ3n) is 24.9. The predicted octanol–water partition coefficient (Wildman–Crippen LogP) is 6.29. The summed E-state index contributed by atoms with van der Waals surface area (Å²) in [5, 5.41) is 27.9. The van der Waals surface area contributed by atoms with Crippen molar-refractivity contribution in [3.05, 3.63) is 59.4 Å². The molecule has 1 aromatic heterocycles. The number of rotatable bonds is 23. The standard InChI is InChI=1S/C93H142ClFN18O16/c1-25-65-88(124)103(18)51-74(117)104(19)66(46-52(3)4)85(121)100-77(56(11)12)91(127)105(20)67(47-53(5)6)84(120)97-59(16)83(119)98-60(17)87(123)106(21)68(48-54(7)8)89(125)107(22)69(49-55(9)10)90(126)108(23)79(57(13)14)92(128)109(24)80(86(122)99-65)81(118)58(15)30-27-34-72(115)111-37-39-112(40-38-111)73(116)35-36-96-93-101-78-61-31-29-45-129-70-33-28-32-64(95)76(70)75(61)63(94)50-62(78)82(102-93)113-43-41-110(42-44-113)71(114)26-2/h26,28-29,31-33,50,52-60,65-69,77,79-81,118H,2,25,27,30,34-49,51H2,1,3-24H3,(H,97,120)(H,98,119)(H,99,122)(H,100,121)(H,96,101,102)/t58-,59+,60-,65+,66+,67+,68+,69+,77+,79+,80+,81-/m1/s1. The summed E-state index contributed by atoms with van der Waals surface area (Å²) in [6, 6.07) is -6.93. The summed E-state index contributed by atoms with van der Waals surface area (Å²) in [4.78, 5) is 230. The van der Waals surface area contributed by atoms with E-state index in [4.69, 9.17) is 26.3 Å². The van der Waals surface area contributed by atoms with Crippen molar-refractivity contribution in [3.63, 3.8) is 0 Å². The van der Waals surface area contributed by atoms with Crippen molar-refractivity contribution in [2.75, 3.05) is 132 Å². The first-order chi connectivity index (χ1) is 60.6. The fourth-order valence-corrected chi connectivity index (χ4v) is 17.5. The Kier molecular flexibility index (Phi) is 38.7. The molecule has 129 heavy (non-hydrogen) atoms. The molecule has 3 aromatic rings. The molecular formula is C93H142ClFN18O16. The van der Waals surface area contributed by atoms with Crippen molar-refractivity contribution < 1.29 is 81.4 Å². The second-order valence-electron chi connectivity index (χ2n) is 37.4. The number of aliphatic hydroxyl groups is 1. The van der Waals surface area contributed by atoms with E-state index in [1.165, 1.54) is 99.8 Å². The van der Waals surface area contributed by atoms with Gasteiger partial charge >= 0.3 is 0 Å². The Morgan fingerprint density at radius 1 is 0.581 bits per heavy atom. The van der Waals surface area contributed by atoms with Crippen LogP contribution in [0.15, 0.2) is 43.0 Å². The number of nitrogens with zero attached hydrogens (tertiary/aromatic N) is 13. The maximum atomic E-state index is 15.9. The number of fused-ring (bicyclic) bond motifs is 5. The molecule has 36 heteroatoms. The molecule has 0 radical (unpaired) electrons. The van der Waals surface area contributed by atoms with Gasteiger partial charge in [0.2, 0.25) is 88.6 Å². The molecule has 6 N–H and O–H groups in total. The van der Waals surface area contributed by atoms with Gasteiger partial charge in [-0.3, -0.25) is 67.1 Å². The molecule has 4 aliphatic rings. The van der Waals surface area contributed by atoms with Crippen LogP contribution in [0.5, 0.6) is 5.75 Å². The molecule has 12 atom stereocenters. The summed E-state index contributed by atoms with van der Waals surface area (Å²) in [5.41, 5.74) is 1.55. The number of benzene rings is 2. The monoisotopic (exact) mass is 1820 g/mol. The molecule has 714 valence electrons. The number of likely N-dealkylation sites (N-methyl/N-ethyl adjacent to an activating group) is 7. The maximum absolute atomic E-state index is 15.9. The Hall–Kier alpha value is -10.6. The van der Waals surface area contributed by atoms with Gasteiger partial charge in [-0.1, -0.05) is 127 Å². The van der Waals surface area contributed by atoms with Gasteiger partial charge in [-0.05, 0) is 131 Å². The Morgan fingerprint density at radius 2 is 1.09 bits per heavy atom. The first-order valence-electron chi connectivity index (χ1n) is 45.4. The number of carbonyl (C=O) groups excluding carboxylic acids is 14. The second-order valence-corrected chi connectivity index (χ2v) is 37.8. The number of piperazine rings is 2. The smallest absolute Gasteiger partial charge is 0.246 e. The highest BCUT2D eigenvalue weighted by Gasteiger charge is 2.47. The van der Waals surface area contributed by atoms with Crippen LogP contribution in [0.25, 0.3) is 28.1 Å². The topological polar surface area (TPSA) is 390 Å². The third-order valence-corrected chi connectivity index (χ3v) is 25.2. The summed E-state index contributed by atoms with van der Waals surface area (Å²) in [6.07, 6.45) is 3.78. The first-order valence-corrected chi connectivity index (χ1v) is 45.8. The lowest BCUT2D eigenvalue weighted by Crippen LogP contribution is -2.63. The van der Waals surface area contributed by atoms with Gasteiger partial charge in [-0.25, -0.2) is 9.37 Å². The number of halogens is 2. The molecule has 0 spiro atoms. The summed E-state index contributed by atoms with van der Waals surface area (Å²) in [6.45, 7) is 33.4. The predicted molar refractivity (Wildman–Crippen MR) is 493 cm³/mol. The van der Waals surface area contributed by atoms with Crippen molar-refractivity contribution in [1.29, 1.82) is 0 Å². The molecule has 2 aromatic carbocycles. The van der Waals surface area contributed by atoms with Crippen LogP contribution in [0.3, 0.4) is 0 Å². The van der Waals surface area contributed by atoms with Gasteiger partial charge < -0.3 is 90.3 Å². The molecular weight excluding hydrogens is 1680 g/mol. The van der Waals surface area contributed by atoms with Gasteiger partial charge in [0, 0.05) is 138 Å². The van der Waals surface area contributed by atoms with Crippen molar-refractivity contribution in [2.24, 2.45) is 41.4 Å². The van der Waals surface area contributed by atoms with E-state index in [-0.39, 0.29) is 155 Å². The van der Waals surface area contributed by atoms with Gasteiger partial charge in [-0.15, -0.1) is 0 Å². The zero-order valence-electron chi connectivity index (χ0n) is 79.9. The summed E-state index contributed by atoms with van der Waals surface area (Å²) in [7, 11) is 9.71. The molecule has 0 saturated carbocycles. The highest BCUT2D eigenvalue weighted by Crippen LogP contribution is 2.46. The minimum Gasteiger partial charge on any atom is -0.489 e. The van der Waals surface area contributed by atoms with Crippen LogP contribution in [-0.4, -0.2) is 335 Å². The largest absolute Gasteiger partial charge is 0.489 e. The van der Waals surface area contributed by atoms with Gasteiger partial charge in [-0.2, -0.15) is 4.98 Å². The number of hydrogen-bond acceptors (Lipinski definition) is 20. The van der Waals surface area contributed by atoms with E-state index in [9.17, 15) is 53.1 Å². The normalized spacial score (nSPS) is 23.4. The van der Waals surface area contributed by atoms with Crippen molar-refractivity contribution >= 4 is 123 Å². The van der Waals surface area contributed by atoms with Crippen LogP contribution in [0.4, 0.5) is 16.2 Å². The number of nitrogens with one attached hydrogen (secondary N) is 5. The summed E-state index contributed by atoms with van der Waals surface area (Å²) >= 11 is 7.09. The number of carbonyl (C=O) groups is 14. The van der Waals surface area contributed by atoms with Crippen LogP contribution >= 0.6 is 11.6 Å². The minimum atomic E-state index is -1.79. The van der Waals surface area contributed by atoms with E-state index < -0.39 is 162 Å². The average molecular weight is 1820 g/mol. The quantitative estimate of drug-likeness (QED) is 0.0568. The first kappa shape index (κ1) is 105. The van der Waals surface area contributed by atoms with E-state index in [1.807, 2.05) is 60.3 Å². The molecule has 5 heterocycles. The number of ether oxygens (including phenoxy) is 1. The molecule has 0 unspecified atom stereocenters. The van der Waals surface area contributed by atoms with Crippen molar-refractivity contribution in [1.82, 2.24) is 80.2 Å². The lowest BCUT2D eigenvalue weighted by molar-refractivity contribution is -0.157. The molecule has 3 saturated heterocycles. The van der Waals surface area contributed by atoms with Gasteiger partial charge in [0.1, 0.15) is 84.4 Å². The lowest BCUT2D eigenvalue weighted by atomic mass is 9.90. The fourth-order valence-electron chi connectivity index (χ4n) is 17.2. The van der Waals surface area contributed by atoms with Crippen molar-refractivity contribution in [2.45, 2.75) is 235 Å². The highest BCUT2D eigenvalue weighted by atomic mass is 35.5. The molecule has 3 fully saturated rings. The van der Waals surface area contributed by atoms with Gasteiger partial charge in [0.25, 0.3) is 0 Å². The van der Waals surface area contributed by atoms with Crippen LogP contribution in [0.2, 0.25) is 5.02 Å². The third kappa shape index (κ3) is 26.6. The van der Waals surface area contributed by atoms with E-state index in [0.29, 0.717) is 59.8 Å². The fraction of sp³-hybridized carbons (Fsp3) is 0.656. The average Bonchev–Trinajstić information content (AvgIpc) is 0.738. The van der Waals surface area contributed by atoms with Gasteiger partial charge in [0.15, 0.2) is 0 Å². The van der Waals surface area contributed by atoms with Crippen LogP contribution in [0.1, 0.15) is 174 Å². The zero-order valence-corrected chi connectivity index (χ0v) is 80.7. The molecule has 14 amide bonds. The van der Waals surface area contributed by atoms with Crippen LogP contribution in [0, 0.1) is 47.2 Å². The Labute approximate surface area is 765 Å². The maximum Gasteiger partial charge on any atom is 0.246 e. The molecule has 7 rings (SSSR count). The number of aliphatic hydroxyl groups excluding tert-OH is 1. The Morgan fingerprint density at radius 3 is 1.64 bits per heavy atom. The molecule has 4 aliphatic heterocycles. The second kappa shape index (κ2) is 47.3. The van der Waals surface area contributed by atoms with E-state index >= 15 is 23.6 Å². The van der Waals surface area contributed by atoms with Gasteiger partial charge in [0.05, 0.1) is 28.8 Å². The summed E-state index contributed by atoms with van der Waals surface area (Å²) < 4.78 is 21.8. The van der Waals surface area contributed by atoms with Crippen molar-refractivity contribution in [3.8, 4) is 16.9 Å². The Bertz CT molecular complexity index is 4570. The Balaban J connectivity index is 1.14. The number of hydrogen-bond donors (Lipinski definition) is 6. The van der Waals surface area contributed by atoms with E-state index in [2.05, 4.69) is 33.2 Å². The minimum absolute atomic E-state index is 0.0129. The number of amides is 14.